The van der Waals surface area contributed by atoms with Gasteiger partial charge >= 0.3 is 5.97 Å². The van der Waals surface area contributed by atoms with Gasteiger partial charge in [0.15, 0.2) is 0 Å². The number of nitrogens with one attached hydrogen (secondary N) is 1. The fourth-order valence-electron chi connectivity index (χ4n) is 1.35. The SMILES string of the molecule is CN(C)c1ccnc(C(=O)NCCCC(=O)O)c1. The van der Waals surface area contributed by atoms with E-state index in [0.717, 1.165) is 5.69 Å². The summed E-state index contributed by atoms with van der Waals surface area (Å²) in [5, 5.41) is 11.1. The number of carbonyl (C=O) groups excluding carboxylic acids is 1. The average molecular weight is 251 g/mol. The summed E-state index contributed by atoms with van der Waals surface area (Å²) in [5.41, 5.74) is 1.22. The topological polar surface area (TPSA) is 82.5 Å². The van der Waals surface area contributed by atoms with Crippen molar-refractivity contribution in [3.63, 3.8) is 0 Å². The number of carbonyl (C=O) groups is 2. The third kappa shape index (κ3) is 4.40. The minimum Gasteiger partial charge on any atom is -0.481 e. The van der Waals surface area contributed by atoms with Gasteiger partial charge in [-0.25, -0.2) is 0 Å². The third-order valence-corrected chi connectivity index (χ3v) is 2.35. The molecule has 1 aromatic heterocycles. The number of carboxylic acids is 1. The molecule has 0 aliphatic carbocycles. The molecule has 6 nitrogen and oxygen atoms in total. The lowest BCUT2D eigenvalue weighted by Crippen LogP contribution is -2.26. The Labute approximate surface area is 106 Å². The minimum absolute atomic E-state index is 0.0471. The second-order valence-electron chi connectivity index (χ2n) is 4.05. The maximum Gasteiger partial charge on any atom is 0.303 e. The zero-order valence-corrected chi connectivity index (χ0v) is 10.5. The van der Waals surface area contributed by atoms with Crippen LogP contribution in [0.2, 0.25) is 0 Å². The Morgan fingerprint density at radius 3 is 2.78 bits per heavy atom. The Bertz CT molecular complexity index is 432. The maximum atomic E-state index is 11.7. The zero-order chi connectivity index (χ0) is 13.5. The molecular weight excluding hydrogens is 234 g/mol. The molecule has 1 rings (SSSR count). The van der Waals surface area contributed by atoms with Crippen molar-refractivity contribution in [2.75, 3.05) is 25.5 Å². The normalized spacial score (nSPS) is 9.89. The molecule has 1 amide bonds. The molecule has 0 saturated carbocycles. The number of anilines is 1. The van der Waals surface area contributed by atoms with Crippen molar-refractivity contribution < 1.29 is 14.7 Å². The van der Waals surface area contributed by atoms with Crippen LogP contribution in [0.4, 0.5) is 5.69 Å². The predicted molar refractivity (Wildman–Crippen MR) is 67.8 cm³/mol. The Morgan fingerprint density at radius 2 is 2.17 bits per heavy atom. The van der Waals surface area contributed by atoms with Crippen molar-refractivity contribution in [3.05, 3.63) is 24.0 Å². The highest BCUT2D eigenvalue weighted by Crippen LogP contribution is 2.10. The van der Waals surface area contributed by atoms with Crippen LogP contribution in [0.3, 0.4) is 0 Å². The number of rotatable bonds is 6. The highest BCUT2D eigenvalue weighted by molar-refractivity contribution is 5.93. The molecule has 0 unspecified atom stereocenters. The van der Waals surface area contributed by atoms with E-state index in [1.165, 1.54) is 0 Å². The molecule has 18 heavy (non-hydrogen) atoms. The van der Waals surface area contributed by atoms with Gasteiger partial charge in [-0.05, 0) is 18.6 Å². The Balaban J connectivity index is 2.51. The summed E-state index contributed by atoms with van der Waals surface area (Å²) in [5.74, 6) is -1.15. The first kappa shape index (κ1) is 14.0. The van der Waals surface area contributed by atoms with Crippen molar-refractivity contribution in [1.29, 1.82) is 0 Å². The van der Waals surface area contributed by atoms with Gasteiger partial charge < -0.3 is 15.3 Å². The van der Waals surface area contributed by atoms with E-state index in [4.69, 9.17) is 5.11 Å². The quantitative estimate of drug-likeness (QED) is 0.729. The molecule has 0 fully saturated rings. The van der Waals surface area contributed by atoms with E-state index in [2.05, 4.69) is 10.3 Å². The molecule has 0 bridgehead atoms. The van der Waals surface area contributed by atoms with Crippen molar-refractivity contribution in [3.8, 4) is 0 Å². The highest BCUT2D eigenvalue weighted by Gasteiger charge is 2.08. The minimum atomic E-state index is -0.864. The lowest BCUT2D eigenvalue weighted by Gasteiger charge is -2.12. The average Bonchev–Trinajstić information content (AvgIpc) is 2.34. The molecule has 0 atom stereocenters. The standard InChI is InChI=1S/C12H17N3O3/c1-15(2)9-5-7-13-10(8-9)12(18)14-6-3-4-11(16)17/h5,7-8H,3-4,6H2,1-2H3,(H,14,18)(H,16,17). The van der Waals surface area contributed by atoms with Crippen LogP contribution >= 0.6 is 0 Å². The van der Waals surface area contributed by atoms with Crippen molar-refractivity contribution >= 4 is 17.6 Å². The molecular formula is C12H17N3O3. The van der Waals surface area contributed by atoms with Crippen molar-refractivity contribution in [2.24, 2.45) is 0 Å². The fourth-order valence-corrected chi connectivity index (χ4v) is 1.35. The number of amides is 1. The molecule has 0 aliphatic heterocycles. The van der Waals surface area contributed by atoms with Crippen LogP contribution in [0.1, 0.15) is 23.3 Å². The summed E-state index contributed by atoms with van der Waals surface area (Å²) in [6.45, 7) is 0.332. The number of aliphatic carboxylic acids is 1. The zero-order valence-electron chi connectivity index (χ0n) is 10.5. The van der Waals surface area contributed by atoms with Crippen LogP contribution < -0.4 is 10.2 Å². The second-order valence-corrected chi connectivity index (χ2v) is 4.05. The second kappa shape index (κ2) is 6.58. The van der Waals surface area contributed by atoms with Gasteiger partial charge in [0.1, 0.15) is 5.69 Å². The molecule has 0 aliphatic rings. The third-order valence-electron chi connectivity index (χ3n) is 2.35. The molecule has 6 heteroatoms. The van der Waals surface area contributed by atoms with E-state index in [9.17, 15) is 9.59 Å². The Kier molecular flexibility index (Phi) is 5.10. The largest absolute Gasteiger partial charge is 0.481 e. The van der Waals surface area contributed by atoms with Gasteiger partial charge in [-0.15, -0.1) is 0 Å². The predicted octanol–water partition coefficient (Wildman–Crippen LogP) is 0.742. The lowest BCUT2D eigenvalue weighted by molar-refractivity contribution is -0.137. The Morgan fingerprint density at radius 1 is 1.44 bits per heavy atom. The van der Waals surface area contributed by atoms with Crippen molar-refractivity contribution in [2.45, 2.75) is 12.8 Å². The number of aromatic nitrogens is 1. The molecule has 2 N–H and O–H groups in total. The number of pyridine rings is 1. The molecule has 1 heterocycles. The van der Waals surface area contributed by atoms with E-state index in [1.807, 2.05) is 19.0 Å². The van der Waals surface area contributed by atoms with Gasteiger partial charge in [0.25, 0.3) is 5.91 Å². The van der Waals surface area contributed by atoms with Crippen LogP contribution in [0.15, 0.2) is 18.3 Å². The van der Waals surface area contributed by atoms with Crippen LogP contribution in [0.5, 0.6) is 0 Å². The summed E-state index contributed by atoms with van der Waals surface area (Å²) in [7, 11) is 3.76. The first-order valence-electron chi connectivity index (χ1n) is 5.64. The van der Waals surface area contributed by atoms with Crippen LogP contribution in [0, 0.1) is 0 Å². The van der Waals surface area contributed by atoms with Gasteiger partial charge in [-0.3, -0.25) is 14.6 Å². The molecule has 1 aromatic rings. The summed E-state index contributed by atoms with van der Waals surface area (Å²) in [6.07, 6.45) is 2.03. The number of nitrogens with zero attached hydrogens (tertiary/aromatic N) is 2. The molecule has 98 valence electrons. The first-order valence-corrected chi connectivity index (χ1v) is 5.64. The highest BCUT2D eigenvalue weighted by atomic mass is 16.4. The summed E-state index contributed by atoms with van der Waals surface area (Å²) in [4.78, 5) is 27.9. The molecule has 0 spiro atoms. The summed E-state index contributed by atoms with van der Waals surface area (Å²) < 4.78 is 0. The van der Waals surface area contributed by atoms with Gasteiger partial charge in [0, 0.05) is 38.9 Å². The maximum absolute atomic E-state index is 11.7. The van der Waals surface area contributed by atoms with Crippen molar-refractivity contribution in [1.82, 2.24) is 10.3 Å². The van der Waals surface area contributed by atoms with E-state index in [-0.39, 0.29) is 12.3 Å². The van der Waals surface area contributed by atoms with Gasteiger partial charge in [-0.2, -0.15) is 0 Å². The van der Waals surface area contributed by atoms with E-state index in [1.54, 1.807) is 18.3 Å². The van der Waals surface area contributed by atoms with E-state index < -0.39 is 5.97 Å². The van der Waals surface area contributed by atoms with E-state index >= 15 is 0 Å². The smallest absolute Gasteiger partial charge is 0.303 e. The Hall–Kier alpha value is -2.11. The first-order chi connectivity index (χ1) is 8.50. The molecule has 0 saturated heterocycles. The van der Waals surface area contributed by atoms with Crippen LogP contribution in [0.25, 0.3) is 0 Å². The monoisotopic (exact) mass is 251 g/mol. The lowest BCUT2D eigenvalue weighted by atomic mass is 10.2. The van der Waals surface area contributed by atoms with Gasteiger partial charge in [-0.1, -0.05) is 0 Å². The molecule has 0 aromatic carbocycles. The molecule has 0 radical (unpaired) electrons. The summed E-state index contributed by atoms with van der Waals surface area (Å²) >= 11 is 0. The van der Waals surface area contributed by atoms with Crippen LogP contribution in [-0.4, -0.2) is 42.6 Å². The number of hydrogen-bond donors (Lipinski definition) is 2. The van der Waals surface area contributed by atoms with Gasteiger partial charge in [0.2, 0.25) is 0 Å². The number of carboxylic acid groups (broad SMARTS) is 1. The van der Waals surface area contributed by atoms with E-state index in [0.29, 0.717) is 18.7 Å². The van der Waals surface area contributed by atoms with Crippen LogP contribution in [-0.2, 0) is 4.79 Å². The summed E-state index contributed by atoms with van der Waals surface area (Å²) in [6, 6.07) is 3.49. The fraction of sp³-hybridized carbons (Fsp3) is 0.417. The van der Waals surface area contributed by atoms with Gasteiger partial charge in [0.05, 0.1) is 0 Å². The number of hydrogen-bond acceptors (Lipinski definition) is 4.